The van der Waals surface area contributed by atoms with Crippen molar-refractivity contribution in [3.8, 4) is 28.4 Å². The summed E-state index contributed by atoms with van der Waals surface area (Å²) in [5, 5.41) is 9.71. The van der Waals surface area contributed by atoms with E-state index in [-0.39, 0.29) is 0 Å². The van der Waals surface area contributed by atoms with Crippen molar-refractivity contribution in [1.82, 2.24) is 4.57 Å². The zero-order valence-corrected chi connectivity index (χ0v) is 24.9. The maximum Gasteiger partial charge on any atom is 0.345 e. The van der Waals surface area contributed by atoms with Crippen molar-refractivity contribution in [3.05, 3.63) is 102 Å². The highest BCUT2D eigenvalue weighted by atomic mass is 16.5. The molecule has 0 radical (unpaired) electrons. The van der Waals surface area contributed by atoms with Gasteiger partial charge in [-0.3, -0.25) is 0 Å². The van der Waals surface area contributed by atoms with Crippen LogP contribution in [0.3, 0.4) is 0 Å². The molecular formula is C37H43NO4. The zero-order chi connectivity index (χ0) is 29.3. The van der Waals surface area contributed by atoms with E-state index in [9.17, 15) is 9.90 Å². The molecule has 0 bridgehead atoms. The monoisotopic (exact) mass is 565 g/mol. The molecule has 0 aliphatic heterocycles. The highest BCUT2D eigenvalue weighted by Crippen LogP contribution is 2.33. The molecule has 1 aliphatic rings. The van der Waals surface area contributed by atoms with E-state index >= 15 is 0 Å². The van der Waals surface area contributed by atoms with Gasteiger partial charge in [0.1, 0.15) is 11.5 Å². The SMILES string of the molecule is CCCCC1CCC(COc2ccc(-n3c(C)ccc3-c3ccc(O[C@H](Cc4ccccc4)C(=O)O)cc3)cc2)CC1. The van der Waals surface area contributed by atoms with E-state index in [4.69, 9.17) is 9.47 Å². The van der Waals surface area contributed by atoms with Gasteiger partial charge in [-0.05, 0) is 103 Å². The number of hydrogen-bond acceptors (Lipinski definition) is 3. The molecule has 1 N–H and O–H groups in total. The van der Waals surface area contributed by atoms with E-state index in [1.165, 1.54) is 44.9 Å². The zero-order valence-electron chi connectivity index (χ0n) is 24.9. The van der Waals surface area contributed by atoms with Crippen LogP contribution in [-0.2, 0) is 11.2 Å². The number of carboxylic acids is 1. The van der Waals surface area contributed by atoms with Crippen molar-refractivity contribution in [2.24, 2.45) is 11.8 Å². The number of ether oxygens (including phenoxy) is 2. The Hall–Kier alpha value is -3.99. The van der Waals surface area contributed by atoms with Crippen LogP contribution < -0.4 is 9.47 Å². The number of carboxylic acid groups (broad SMARTS) is 1. The lowest BCUT2D eigenvalue weighted by Crippen LogP contribution is -2.29. The molecule has 1 heterocycles. The molecule has 1 saturated carbocycles. The van der Waals surface area contributed by atoms with E-state index in [1.54, 1.807) is 0 Å². The van der Waals surface area contributed by atoms with Gasteiger partial charge in [-0.1, -0.05) is 69.4 Å². The molecule has 3 aromatic carbocycles. The fourth-order valence-electron chi connectivity index (χ4n) is 6.07. The molecule has 220 valence electrons. The molecule has 5 rings (SSSR count). The average Bonchev–Trinajstić information content (AvgIpc) is 3.41. The number of unbranched alkanes of at least 4 members (excludes halogenated alkanes) is 1. The fourth-order valence-corrected chi connectivity index (χ4v) is 6.07. The summed E-state index contributed by atoms with van der Waals surface area (Å²) >= 11 is 0. The first kappa shape index (κ1) is 29.5. The Morgan fingerprint density at radius 2 is 1.52 bits per heavy atom. The molecule has 4 aromatic rings. The Morgan fingerprint density at radius 3 is 2.19 bits per heavy atom. The first-order chi connectivity index (χ1) is 20.5. The first-order valence-corrected chi connectivity index (χ1v) is 15.5. The number of nitrogens with zero attached hydrogens (tertiary/aromatic N) is 1. The molecule has 1 fully saturated rings. The maximum absolute atomic E-state index is 11.9. The van der Waals surface area contributed by atoms with Crippen molar-refractivity contribution in [1.29, 1.82) is 0 Å². The van der Waals surface area contributed by atoms with Crippen molar-refractivity contribution < 1.29 is 19.4 Å². The third kappa shape index (κ3) is 7.64. The summed E-state index contributed by atoms with van der Waals surface area (Å²) in [5.74, 6) is 2.06. The Bertz CT molecular complexity index is 1400. The van der Waals surface area contributed by atoms with Gasteiger partial charge in [-0.25, -0.2) is 4.79 Å². The van der Waals surface area contributed by atoms with E-state index in [0.717, 1.165) is 46.5 Å². The van der Waals surface area contributed by atoms with Crippen molar-refractivity contribution >= 4 is 5.97 Å². The lowest BCUT2D eigenvalue weighted by Gasteiger charge is -2.28. The predicted octanol–water partition coefficient (Wildman–Crippen LogP) is 8.90. The Labute approximate surface area is 250 Å². The molecule has 5 nitrogen and oxygen atoms in total. The van der Waals surface area contributed by atoms with Crippen molar-refractivity contribution in [2.75, 3.05) is 6.61 Å². The number of hydrogen-bond donors (Lipinski definition) is 1. The molecule has 0 saturated heterocycles. The molecule has 1 aromatic heterocycles. The van der Waals surface area contributed by atoms with E-state index in [0.29, 0.717) is 18.1 Å². The number of aromatic nitrogens is 1. The Morgan fingerprint density at radius 1 is 0.857 bits per heavy atom. The van der Waals surface area contributed by atoms with Crippen LogP contribution in [0.1, 0.15) is 63.1 Å². The van der Waals surface area contributed by atoms with Crippen molar-refractivity contribution in [3.63, 3.8) is 0 Å². The van der Waals surface area contributed by atoms with Gasteiger partial charge in [-0.2, -0.15) is 0 Å². The minimum absolute atomic E-state index is 0.305. The summed E-state index contributed by atoms with van der Waals surface area (Å²) in [5.41, 5.74) is 5.22. The molecule has 1 aliphatic carbocycles. The maximum atomic E-state index is 11.9. The van der Waals surface area contributed by atoms with Gasteiger partial charge in [0.05, 0.1) is 12.3 Å². The van der Waals surface area contributed by atoms with E-state index in [2.05, 4.69) is 54.8 Å². The van der Waals surface area contributed by atoms with Crippen LogP contribution in [-0.4, -0.2) is 28.4 Å². The number of carbonyl (C=O) groups is 1. The Kier molecular flexibility index (Phi) is 10.0. The minimum atomic E-state index is -0.977. The second-order valence-corrected chi connectivity index (χ2v) is 11.7. The summed E-state index contributed by atoms with van der Waals surface area (Å²) in [4.78, 5) is 11.9. The highest BCUT2D eigenvalue weighted by molar-refractivity contribution is 5.73. The molecule has 1 atom stereocenters. The lowest BCUT2D eigenvalue weighted by molar-refractivity contribution is -0.145. The van der Waals surface area contributed by atoms with E-state index in [1.807, 2.05) is 54.6 Å². The van der Waals surface area contributed by atoms with Crippen molar-refractivity contribution in [2.45, 2.75) is 71.3 Å². The fraction of sp³-hybridized carbons (Fsp3) is 0.378. The van der Waals surface area contributed by atoms with Crippen LogP contribution >= 0.6 is 0 Å². The number of rotatable bonds is 13. The largest absolute Gasteiger partial charge is 0.493 e. The van der Waals surface area contributed by atoms with Crippen LogP contribution in [0.5, 0.6) is 11.5 Å². The summed E-state index contributed by atoms with van der Waals surface area (Å²) < 4.78 is 14.3. The Balaban J connectivity index is 1.21. The van der Waals surface area contributed by atoms with Gasteiger partial charge in [0.25, 0.3) is 0 Å². The summed E-state index contributed by atoms with van der Waals surface area (Å²) in [6.07, 6.45) is 8.68. The van der Waals surface area contributed by atoms with Gasteiger partial charge in [0, 0.05) is 17.8 Å². The molecule has 0 amide bonds. The quantitative estimate of drug-likeness (QED) is 0.176. The summed E-state index contributed by atoms with van der Waals surface area (Å²) in [6.45, 7) is 5.18. The lowest BCUT2D eigenvalue weighted by atomic mass is 9.80. The second-order valence-electron chi connectivity index (χ2n) is 11.7. The average molecular weight is 566 g/mol. The van der Waals surface area contributed by atoms with E-state index < -0.39 is 12.1 Å². The number of benzene rings is 3. The molecule has 0 spiro atoms. The summed E-state index contributed by atoms with van der Waals surface area (Å²) in [7, 11) is 0. The van der Waals surface area contributed by atoms with Crippen LogP contribution in [0.2, 0.25) is 0 Å². The van der Waals surface area contributed by atoms with Gasteiger partial charge in [-0.15, -0.1) is 0 Å². The molecular weight excluding hydrogens is 522 g/mol. The third-order valence-corrected chi connectivity index (χ3v) is 8.56. The smallest absolute Gasteiger partial charge is 0.345 e. The highest BCUT2D eigenvalue weighted by Gasteiger charge is 2.22. The number of aryl methyl sites for hydroxylation is 1. The van der Waals surface area contributed by atoms with Crippen LogP contribution in [0.15, 0.2) is 91.0 Å². The molecule has 42 heavy (non-hydrogen) atoms. The number of aliphatic carboxylic acids is 1. The standard InChI is InChI=1S/C37H43NO4/c1-3-4-8-28-12-14-30(15-13-28)26-41-33-22-18-32(19-23-33)38-27(2)11-24-35(38)31-16-20-34(21-17-31)42-36(37(39)40)25-29-9-6-5-7-10-29/h5-7,9-11,16-24,28,30,36H,3-4,8,12-15,25-26H2,1-2H3,(H,39,40)/t28?,30?,36-/m1/s1. The van der Waals surface area contributed by atoms with Crippen LogP contribution in [0.4, 0.5) is 0 Å². The normalized spacial score (nSPS) is 17.5. The van der Waals surface area contributed by atoms with Crippen LogP contribution in [0.25, 0.3) is 16.9 Å². The molecule has 0 unspecified atom stereocenters. The third-order valence-electron chi connectivity index (χ3n) is 8.56. The van der Waals surface area contributed by atoms with Gasteiger partial charge in [0.15, 0.2) is 6.10 Å². The van der Waals surface area contributed by atoms with Gasteiger partial charge in [0.2, 0.25) is 0 Å². The van der Waals surface area contributed by atoms with Gasteiger partial charge >= 0.3 is 5.97 Å². The predicted molar refractivity (Wildman–Crippen MR) is 169 cm³/mol. The second kappa shape index (κ2) is 14.3. The first-order valence-electron chi connectivity index (χ1n) is 15.5. The topological polar surface area (TPSA) is 60.7 Å². The summed E-state index contributed by atoms with van der Waals surface area (Å²) in [6, 6.07) is 29.8. The van der Waals surface area contributed by atoms with Gasteiger partial charge < -0.3 is 19.1 Å². The molecule has 5 heteroatoms. The van der Waals surface area contributed by atoms with Crippen LogP contribution in [0, 0.1) is 18.8 Å². The minimum Gasteiger partial charge on any atom is -0.493 e.